The van der Waals surface area contributed by atoms with Crippen molar-refractivity contribution in [3.8, 4) is 0 Å². The minimum atomic E-state index is -4.47. The normalized spacial score (nSPS) is 21.0. The lowest BCUT2D eigenvalue weighted by molar-refractivity contribution is -0.184. The first-order chi connectivity index (χ1) is 15.6. The van der Waals surface area contributed by atoms with E-state index in [1.165, 1.54) is 24.4 Å². The van der Waals surface area contributed by atoms with Crippen molar-refractivity contribution in [1.82, 2.24) is 10.7 Å². The molecular formula is C23H23Cl2F3N4O. The zero-order valence-electron chi connectivity index (χ0n) is 17.8. The third-order valence-corrected chi connectivity index (χ3v) is 6.56. The number of amides is 2. The molecule has 4 rings (SSSR count). The summed E-state index contributed by atoms with van der Waals surface area (Å²) in [6.45, 7) is 1.85. The van der Waals surface area contributed by atoms with Gasteiger partial charge >= 0.3 is 12.2 Å². The molecule has 1 saturated carbocycles. The highest BCUT2D eigenvalue weighted by Gasteiger charge is 2.59. The first-order valence-corrected chi connectivity index (χ1v) is 11.3. The van der Waals surface area contributed by atoms with Crippen molar-refractivity contribution in [3.63, 3.8) is 0 Å². The summed E-state index contributed by atoms with van der Waals surface area (Å²) in [6, 6.07) is 9.36. The molecule has 2 aromatic carbocycles. The van der Waals surface area contributed by atoms with Gasteiger partial charge in [-0.25, -0.2) is 10.2 Å². The molecule has 2 aliphatic rings. The predicted octanol–water partition coefficient (Wildman–Crippen LogP) is 5.81. The standard InChI is InChI=1S/C23H23Cl2F3N4O/c1-14-8-20(5-2-15(14)12-29-31-21(33)30-19-3-4-19)32-7-6-22(13-32,23(26,27)28)16-9-17(24)11-18(25)10-16/h2,5,8-12,19H,3-4,6-7,13H2,1H3,(H2,30,31,33)/b29-12+. The number of nitrogens with one attached hydrogen (secondary N) is 2. The molecule has 0 bridgehead atoms. The Hall–Kier alpha value is -2.45. The van der Waals surface area contributed by atoms with Crippen molar-refractivity contribution in [3.05, 3.63) is 63.1 Å². The number of hydrogen-bond donors (Lipinski definition) is 2. The van der Waals surface area contributed by atoms with Gasteiger partial charge in [0, 0.05) is 34.9 Å². The summed E-state index contributed by atoms with van der Waals surface area (Å²) in [5, 5.41) is 7.07. The lowest BCUT2D eigenvalue weighted by Gasteiger charge is -2.33. The number of nitrogens with zero attached hydrogens (tertiary/aromatic N) is 2. The largest absolute Gasteiger partial charge is 0.400 e. The summed E-state index contributed by atoms with van der Waals surface area (Å²) in [6.07, 6.45) is -1.09. The van der Waals surface area contributed by atoms with Crippen molar-refractivity contribution in [2.75, 3.05) is 18.0 Å². The fourth-order valence-corrected chi connectivity index (χ4v) is 4.62. The molecule has 1 heterocycles. The van der Waals surface area contributed by atoms with Crippen LogP contribution in [0.4, 0.5) is 23.7 Å². The van der Waals surface area contributed by atoms with Gasteiger partial charge in [-0.3, -0.25) is 0 Å². The first kappa shape index (κ1) is 23.7. The monoisotopic (exact) mass is 498 g/mol. The number of alkyl halides is 3. The topological polar surface area (TPSA) is 56.7 Å². The molecule has 5 nitrogen and oxygen atoms in total. The van der Waals surface area contributed by atoms with Crippen molar-refractivity contribution in [2.24, 2.45) is 5.10 Å². The fourth-order valence-electron chi connectivity index (χ4n) is 4.10. The van der Waals surface area contributed by atoms with Gasteiger partial charge in [-0.2, -0.15) is 18.3 Å². The molecule has 33 heavy (non-hydrogen) atoms. The minimum Gasteiger partial charge on any atom is -0.370 e. The van der Waals surface area contributed by atoms with E-state index in [0.717, 1.165) is 24.0 Å². The van der Waals surface area contributed by atoms with E-state index >= 15 is 0 Å². The van der Waals surface area contributed by atoms with Crippen LogP contribution in [0.3, 0.4) is 0 Å². The van der Waals surface area contributed by atoms with Crippen LogP contribution < -0.4 is 15.6 Å². The van der Waals surface area contributed by atoms with Gasteiger partial charge in [0.05, 0.1) is 6.21 Å². The van der Waals surface area contributed by atoms with Crippen LogP contribution in [0.15, 0.2) is 41.5 Å². The molecule has 0 aromatic heterocycles. The van der Waals surface area contributed by atoms with E-state index in [4.69, 9.17) is 23.2 Å². The third kappa shape index (κ3) is 5.22. The molecule has 0 spiro atoms. The second-order valence-corrected chi connectivity index (χ2v) is 9.44. The number of benzene rings is 2. The Bertz CT molecular complexity index is 1070. The maximum absolute atomic E-state index is 14.3. The van der Waals surface area contributed by atoms with E-state index < -0.39 is 11.6 Å². The van der Waals surface area contributed by atoms with Crippen LogP contribution in [0.2, 0.25) is 10.0 Å². The van der Waals surface area contributed by atoms with E-state index in [2.05, 4.69) is 15.8 Å². The van der Waals surface area contributed by atoms with Gasteiger partial charge in [0.15, 0.2) is 0 Å². The highest BCUT2D eigenvalue weighted by molar-refractivity contribution is 6.34. The molecule has 2 N–H and O–H groups in total. The van der Waals surface area contributed by atoms with Gasteiger partial charge in [-0.1, -0.05) is 29.3 Å². The minimum absolute atomic E-state index is 0.0750. The zero-order chi connectivity index (χ0) is 23.8. The number of carbonyl (C=O) groups excluding carboxylic acids is 1. The quantitative estimate of drug-likeness (QED) is 0.403. The molecule has 176 valence electrons. The summed E-state index contributed by atoms with van der Waals surface area (Å²) < 4.78 is 42.9. The highest BCUT2D eigenvalue weighted by atomic mass is 35.5. The summed E-state index contributed by atoms with van der Waals surface area (Å²) in [7, 11) is 0. The molecule has 10 heteroatoms. The third-order valence-electron chi connectivity index (χ3n) is 6.13. The molecule has 1 atom stereocenters. The molecule has 1 aliphatic carbocycles. The molecule has 1 saturated heterocycles. The van der Waals surface area contributed by atoms with Gasteiger partial charge in [0.25, 0.3) is 0 Å². The second kappa shape index (κ2) is 9.06. The molecule has 2 aromatic rings. The van der Waals surface area contributed by atoms with Gasteiger partial charge in [0.2, 0.25) is 0 Å². The zero-order valence-corrected chi connectivity index (χ0v) is 19.4. The number of urea groups is 1. The van der Waals surface area contributed by atoms with Crippen LogP contribution in [0.5, 0.6) is 0 Å². The fraction of sp³-hybridized carbons (Fsp3) is 0.391. The maximum Gasteiger partial charge on any atom is 0.400 e. The summed E-state index contributed by atoms with van der Waals surface area (Å²) in [4.78, 5) is 13.4. The Morgan fingerprint density at radius 3 is 2.48 bits per heavy atom. The van der Waals surface area contributed by atoms with Crippen LogP contribution >= 0.6 is 23.2 Å². The number of hydrogen-bond acceptors (Lipinski definition) is 3. The van der Waals surface area contributed by atoms with Crippen LogP contribution in [0.1, 0.15) is 36.0 Å². The Morgan fingerprint density at radius 1 is 1.18 bits per heavy atom. The average molecular weight is 499 g/mol. The number of hydrazone groups is 1. The predicted molar refractivity (Wildman–Crippen MR) is 124 cm³/mol. The van der Waals surface area contributed by atoms with Crippen LogP contribution in [0.25, 0.3) is 0 Å². The SMILES string of the molecule is Cc1cc(N2CCC(c3cc(Cl)cc(Cl)c3)(C(F)(F)F)C2)ccc1/C=N/NC(=O)NC1CC1. The first-order valence-electron chi connectivity index (χ1n) is 10.6. The van der Waals surface area contributed by atoms with E-state index in [9.17, 15) is 18.0 Å². The van der Waals surface area contributed by atoms with Gasteiger partial charge < -0.3 is 10.2 Å². The summed E-state index contributed by atoms with van der Waals surface area (Å²) in [5.41, 5.74) is 2.70. The molecule has 2 amide bonds. The summed E-state index contributed by atoms with van der Waals surface area (Å²) in [5.74, 6) is 0. The molecule has 2 fully saturated rings. The van der Waals surface area contributed by atoms with E-state index in [1.54, 1.807) is 17.0 Å². The second-order valence-electron chi connectivity index (χ2n) is 8.57. The summed E-state index contributed by atoms with van der Waals surface area (Å²) >= 11 is 12.0. The van der Waals surface area contributed by atoms with Crippen molar-refractivity contribution < 1.29 is 18.0 Å². The number of anilines is 1. The van der Waals surface area contributed by atoms with Gasteiger partial charge in [-0.15, -0.1) is 0 Å². The van der Waals surface area contributed by atoms with Crippen LogP contribution in [-0.4, -0.2) is 37.6 Å². The number of rotatable bonds is 5. The Morgan fingerprint density at radius 2 is 1.88 bits per heavy atom. The number of aryl methyl sites for hydroxylation is 1. The number of halogens is 5. The van der Waals surface area contributed by atoms with Crippen LogP contribution in [0, 0.1) is 6.92 Å². The molecular weight excluding hydrogens is 476 g/mol. The number of carbonyl (C=O) groups is 1. The molecule has 1 unspecified atom stereocenters. The van der Waals surface area contributed by atoms with E-state index in [1.807, 2.05) is 13.0 Å². The van der Waals surface area contributed by atoms with Crippen molar-refractivity contribution in [1.29, 1.82) is 0 Å². The van der Waals surface area contributed by atoms with E-state index in [0.29, 0.717) is 5.69 Å². The lowest BCUT2D eigenvalue weighted by Crippen LogP contribution is -2.44. The van der Waals surface area contributed by atoms with Crippen LogP contribution in [-0.2, 0) is 5.41 Å². The Labute approximate surface area is 199 Å². The van der Waals surface area contributed by atoms with Crippen molar-refractivity contribution in [2.45, 2.75) is 43.8 Å². The van der Waals surface area contributed by atoms with E-state index in [-0.39, 0.29) is 47.2 Å². The lowest BCUT2D eigenvalue weighted by atomic mass is 9.79. The molecule has 1 aliphatic heterocycles. The Kier molecular flexibility index (Phi) is 6.51. The van der Waals surface area contributed by atoms with Gasteiger partial charge in [-0.05, 0) is 73.2 Å². The average Bonchev–Trinajstić information content (AvgIpc) is 3.40. The van der Waals surface area contributed by atoms with Gasteiger partial charge in [0.1, 0.15) is 5.41 Å². The smallest absolute Gasteiger partial charge is 0.370 e. The molecule has 0 radical (unpaired) electrons. The maximum atomic E-state index is 14.3. The highest BCUT2D eigenvalue weighted by Crippen LogP contribution is 2.49. The van der Waals surface area contributed by atoms with Crippen molar-refractivity contribution >= 4 is 41.1 Å². The Balaban J connectivity index is 1.51.